The number of aromatic nitrogens is 2. The quantitative estimate of drug-likeness (QED) is 0.350. The van der Waals surface area contributed by atoms with Gasteiger partial charge in [-0.15, -0.1) is 5.10 Å². The van der Waals surface area contributed by atoms with Gasteiger partial charge in [0.05, 0.1) is 18.5 Å². The van der Waals surface area contributed by atoms with Crippen LogP contribution in [0.4, 0.5) is 10.5 Å². The van der Waals surface area contributed by atoms with Crippen LogP contribution in [-0.2, 0) is 11.3 Å². The van der Waals surface area contributed by atoms with Crippen LogP contribution >= 0.6 is 22.6 Å². The smallest absolute Gasteiger partial charge is 0.438 e. The van der Waals surface area contributed by atoms with E-state index < -0.39 is 6.09 Å². The lowest BCUT2D eigenvalue weighted by Gasteiger charge is -2.16. The number of methoxy groups -OCH3 is 1. The summed E-state index contributed by atoms with van der Waals surface area (Å²) in [4.78, 5) is 11.5. The van der Waals surface area contributed by atoms with Crippen molar-refractivity contribution in [3.05, 3.63) is 69.9 Å². The molecular formula is C18H16IN3O4. The van der Waals surface area contributed by atoms with Crippen molar-refractivity contribution < 1.29 is 19.5 Å². The van der Waals surface area contributed by atoms with E-state index in [-0.39, 0.29) is 12.3 Å². The van der Waals surface area contributed by atoms with Crippen LogP contribution in [-0.4, -0.2) is 28.2 Å². The highest BCUT2D eigenvalue weighted by Crippen LogP contribution is 2.22. The minimum Gasteiger partial charge on any atom is -0.472 e. The normalized spacial score (nSPS) is 10.4. The van der Waals surface area contributed by atoms with Gasteiger partial charge >= 0.3 is 6.09 Å². The van der Waals surface area contributed by atoms with Gasteiger partial charge in [-0.1, -0.05) is 18.2 Å². The van der Waals surface area contributed by atoms with Crippen LogP contribution in [0.1, 0.15) is 5.56 Å². The molecule has 0 aliphatic rings. The highest BCUT2D eigenvalue weighted by Gasteiger charge is 2.17. The molecule has 26 heavy (non-hydrogen) atoms. The van der Waals surface area contributed by atoms with E-state index in [4.69, 9.17) is 4.74 Å². The predicted molar refractivity (Wildman–Crippen MR) is 104 cm³/mol. The molecule has 3 rings (SSSR count). The summed E-state index contributed by atoms with van der Waals surface area (Å²) in [6.45, 7) is 0.133. The Hall–Kier alpha value is -2.59. The van der Waals surface area contributed by atoms with E-state index in [9.17, 15) is 10.0 Å². The first-order valence-electron chi connectivity index (χ1n) is 7.68. The van der Waals surface area contributed by atoms with Gasteiger partial charge in [-0.05, 0) is 52.9 Å². The number of hydrogen-bond donors (Lipinski definition) is 1. The number of rotatable bonds is 5. The third-order valence-corrected chi connectivity index (χ3v) is 4.32. The average Bonchev–Trinajstić information content (AvgIpc) is 3.15. The highest BCUT2D eigenvalue weighted by molar-refractivity contribution is 14.1. The van der Waals surface area contributed by atoms with Crippen molar-refractivity contribution in [2.75, 3.05) is 12.2 Å². The third kappa shape index (κ3) is 4.14. The largest absolute Gasteiger partial charge is 0.472 e. The van der Waals surface area contributed by atoms with Crippen molar-refractivity contribution in [2.45, 2.75) is 6.61 Å². The molecule has 2 aromatic carbocycles. The third-order valence-electron chi connectivity index (χ3n) is 3.60. The Kier molecular flexibility index (Phi) is 5.74. The van der Waals surface area contributed by atoms with Crippen LogP contribution in [0.3, 0.4) is 0 Å². The van der Waals surface area contributed by atoms with E-state index in [0.29, 0.717) is 16.5 Å². The fourth-order valence-electron chi connectivity index (χ4n) is 2.30. The van der Waals surface area contributed by atoms with Gasteiger partial charge in [0.15, 0.2) is 0 Å². The van der Waals surface area contributed by atoms with Crippen LogP contribution in [0.5, 0.6) is 5.88 Å². The fourth-order valence-corrected chi connectivity index (χ4v) is 2.66. The molecule has 7 nitrogen and oxygen atoms in total. The van der Waals surface area contributed by atoms with Crippen molar-refractivity contribution in [1.82, 2.24) is 9.78 Å². The highest BCUT2D eigenvalue weighted by atomic mass is 127. The Morgan fingerprint density at radius 3 is 2.65 bits per heavy atom. The predicted octanol–water partition coefficient (Wildman–Crippen LogP) is 4.02. The number of anilines is 1. The van der Waals surface area contributed by atoms with E-state index in [1.54, 1.807) is 41.2 Å². The number of benzene rings is 2. The fraction of sp³-hybridized carbons (Fsp3) is 0.111. The molecule has 134 valence electrons. The maximum Gasteiger partial charge on any atom is 0.438 e. The maximum atomic E-state index is 11.5. The SMILES string of the molecule is COC(=O)N(O)c1ccccc1COc1ccn(-c2ccc(I)cc2)n1. The summed E-state index contributed by atoms with van der Waals surface area (Å²) in [5.74, 6) is 0.431. The first-order chi connectivity index (χ1) is 12.6. The number of hydroxylamine groups is 1. The van der Waals surface area contributed by atoms with Crippen molar-refractivity contribution >= 4 is 34.4 Å². The Morgan fingerprint density at radius 1 is 1.19 bits per heavy atom. The zero-order valence-corrected chi connectivity index (χ0v) is 16.0. The van der Waals surface area contributed by atoms with Crippen LogP contribution < -0.4 is 9.80 Å². The van der Waals surface area contributed by atoms with Gasteiger partial charge in [-0.25, -0.2) is 9.48 Å². The molecule has 8 heteroatoms. The van der Waals surface area contributed by atoms with Gasteiger partial charge in [0.1, 0.15) is 6.61 Å². The van der Waals surface area contributed by atoms with Crippen molar-refractivity contribution in [1.29, 1.82) is 0 Å². The second-order valence-electron chi connectivity index (χ2n) is 5.27. The molecular weight excluding hydrogens is 449 g/mol. The number of halogens is 1. The zero-order chi connectivity index (χ0) is 18.5. The topological polar surface area (TPSA) is 76.8 Å². The molecule has 0 aliphatic carbocycles. The molecule has 1 heterocycles. The van der Waals surface area contributed by atoms with Gasteiger partial charge in [0.2, 0.25) is 5.88 Å². The summed E-state index contributed by atoms with van der Waals surface area (Å²) in [6, 6.07) is 16.5. The van der Waals surface area contributed by atoms with Crippen molar-refractivity contribution in [3.63, 3.8) is 0 Å². The lowest BCUT2D eigenvalue weighted by molar-refractivity contribution is 0.140. The summed E-state index contributed by atoms with van der Waals surface area (Å²) in [5.41, 5.74) is 1.83. The Morgan fingerprint density at radius 2 is 1.92 bits per heavy atom. The minimum atomic E-state index is -0.875. The van der Waals surface area contributed by atoms with E-state index in [0.717, 1.165) is 9.26 Å². The molecule has 0 atom stereocenters. The molecule has 1 N–H and O–H groups in total. The summed E-state index contributed by atoms with van der Waals surface area (Å²) in [7, 11) is 1.20. The standard InChI is InChI=1S/C18H16IN3O4/c1-25-18(23)22(24)16-5-3-2-4-13(16)12-26-17-10-11-21(20-17)15-8-6-14(19)7-9-15/h2-11,24H,12H2,1H3. The van der Waals surface area contributed by atoms with E-state index >= 15 is 0 Å². The number of para-hydroxylation sites is 1. The van der Waals surface area contributed by atoms with E-state index in [1.165, 1.54) is 7.11 Å². The first-order valence-corrected chi connectivity index (χ1v) is 8.75. The number of hydrogen-bond acceptors (Lipinski definition) is 5. The first kappa shape index (κ1) is 18.2. The molecule has 0 unspecified atom stereocenters. The van der Waals surface area contributed by atoms with Gasteiger partial charge in [0, 0.05) is 21.4 Å². The molecule has 0 saturated heterocycles. The number of carbonyl (C=O) groups is 1. The molecule has 1 amide bonds. The van der Waals surface area contributed by atoms with Crippen LogP contribution in [0, 0.1) is 3.57 Å². The maximum absolute atomic E-state index is 11.5. The summed E-state index contributed by atoms with van der Waals surface area (Å²) >= 11 is 2.24. The summed E-state index contributed by atoms with van der Waals surface area (Å²) < 4.78 is 13.1. The molecule has 1 aromatic heterocycles. The molecule has 0 radical (unpaired) electrons. The summed E-state index contributed by atoms with van der Waals surface area (Å²) in [6.07, 6.45) is 0.927. The van der Waals surface area contributed by atoms with Gasteiger partial charge in [-0.2, -0.15) is 5.06 Å². The number of nitrogens with zero attached hydrogens (tertiary/aromatic N) is 3. The van der Waals surface area contributed by atoms with Crippen LogP contribution in [0.2, 0.25) is 0 Å². The molecule has 0 aliphatic heterocycles. The second-order valence-corrected chi connectivity index (χ2v) is 6.52. The van der Waals surface area contributed by atoms with Crippen molar-refractivity contribution in [3.8, 4) is 11.6 Å². The van der Waals surface area contributed by atoms with Crippen molar-refractivity contribution in [2.24, 2.45) is 0 Å². The molecule has 0 bridgehead atoms. The Labute approximate surface area is 163 Å². The van der Waals surface area contributed by atoms with Gasteiger partial charge < -0.3 is 9.47 Å². The molecule has 0 spiro atoms. The molecule has 0 saturated carbocycles. The van der Waals surface area contributed by atoms with Crippen LogP contribution in [0.15, 0.2) is 60.8 Å². The van der Waals surface area contributed by atoms with E-state index in [1.807, 2.05) is 24.3 Å². The number of ether oxygens (including phenoxy) is 2. The average molecular weight is 465 g/mol. The zero-order valence-electron chi connectivity index (χ0n) is 13.9. The molecule has 0 fully saturated rings. The minimum absolute atomic E-state index is 0.133. The van der Waals surface area contributed by atoms with E-state index in [2.05, 4.69) is 32.4 Å². The lowest BCUT2D eigenvalue weighted by atomic mass is 10.2. The van der Waals surface area contributed by atoms with Gasteiger partial charge in [0.25, 0.3) is 0 Å². The summed E-state index contributed by atoms with van der Waals surface area (Å²) in [5, 5.41) is 14.7. The van der Waals surface area contributed by atoms with Crippen LogP contribution in [0.25, 0.3) is 5.69 Å². The monoisotopic (exact) mass is 465 g/mol. The Balaban J connectivity index is 1.72. The number of amides is 1. The number of carbonyl (C=O) groups excluding carboxylic acids is 1. The molecule has 3 aromatic rings. The Bertz CT molecular complexity index is 895. The van der Waals surface area contributed by atoms with Gasteiger partial charge in [-0.3, -0.25) is 5.21 Å². The second kappa shape index (κ2) is 8.19. The lowest BCUT2D eigenvalue weighted by Crippen LogP contribution is -2.27.